The number of nitrogens with zero attached hydrogens (tertiary/aromatic N) is 3. The number of hydrogen-bond acceptors (Lipinski definition) is 9. The van der Waals surface area contributed by atoms with Gasteiger partial charge in [-0.3, -0.25) is 0 Å². The van der Waals surface area contributed by atoms with Gasteiger partial charge in [0.2, 0.25) is 46.7 Å². The number of nitrogens with one attached hydrogen (secondary N) is 2. The van der Waals surface area contributed by atoms with Crippen LogP contribution >= 0.6 is 0 Å². The molecule has 0 bridgehead atoms. The summed E-state index contributed by atoms with van der Waals surface area (Å²) in [6.07, 6.45) is 7.13. The fourth-order valence-electron chi connectivity index (χ4n) is 3.73. The van der Waals surface area contributed by atoms with Crippen LogP contribution in [0.2, 0.25) is 0 Å². The Morgan fingerprint density at radius 2 is 1.27 bits per heavy atom. The lowest BCUT2D eigenvalue weighted by molar-refractivity contribution is 0.0547. The monoisotopic (exact) mass is 534 g/mol. The van der Waals surface area contributed by atoms with Gasteiger partial charge < -0.3 is 30.6 Å². The number of rotatable bonds is 13. The fraction of sp³-hybridized carbons (Fsp3) is 0.609. The van der Waals surface area contributed by atoms with Crippen LogP contribution in [0.5, 0.6) is 11.8 Å². The maximum Gasteiger partial charge on any atom is 0.328 e. The van der Waals surface area contributed by atoms with Gasteiger partial charge in [-0.2, -0.15) is 23.7 Å². The molecule has 0 atom stereocenters. The summed E-state index contributed by atoms with van der Waals surface area (Å²) in [6.45, 7) is 2.03. The normalized spacial score (nSPS) is 14.8. The maximum absolute atomic E-state index is 14.2. The second-order valence-corrected chi connectivity index (χ2v) is 8.39. The Bertz CT molecular complexity index is 982. The summed E-state index contributed by atoms with van der Waals surface area (Å²) in [5.74, 6) is -12.3. The zero-order chi connectivity index (χ0) is 26.6. The van der Waals surface area contributed by atoms with Gasteiger partial charge in [-0.15, -0.1) is 0 Å². The molecule has 0 aliphatic heterocycles. The van der Waals surface area contributed by atoms with Crippen LogP contribution in [0.4, 0.5) is 33.8 Å². The molecule has 1 heterocycles. The largest absolute Gasteiger partial charge is 0.418 e. The molecule has 0 spiro atoms. The first-order valence-electron chi connectivity index (χ1n) is 12.2. The quantitative estimate of drug-likeness (QED) is 0.150. The Balaban J connectivity index is 1.75. The highest BCUT2D eigenvalue weighted by atomic mass is 19.2. The molecule has 2 aromatic rings. The van der Waals surface area contributed by atoms with Crippen LogP contribution in [0.3, 0.4) is 0 Å². The van der Waals surface area contributed by atoms with Crippen molar-refractivity contribution in [2.45, 2.75) is 51.0 Å². The van der Waals surface area contributed by atoms with E-state index in [4.69, 9.17) is 19.9 Å². The van der Waals surface area contributed by atoms with E-state index in [2.05, 4.69) is 25.6 Å². The minimum atomic E-state index is -2.29. The molecule has 14 heteroatoms. The Kier molecular flexibility index (Phi) is 11.5. The van der Waals surface area contributed by atoms with Crippen molar-refractivity contribution in [1.82, 2.24) is 15.0 Å². The molecule has 1 aromatic heterocycles. The standard InChI is InChI=1S/C23H31F5N6O3/c24-15-16(25)18(27)20(19(28)17(15)26)37-23-33-21(30-9-11-36-13-12-35-10-8-29)32-22(34-23)31-14-6-4-2-1-3-5-7-14/h14H,1-13,29H2,(H2,30,31,32,33,34). The van der Waals surface area contributed by atoms with Gasteiger partial charge in [0.05, 0.1) is 26.4 Å². The molecule has 1 aliphatic carbocycles. The van der Waals surface area contributed by atoms with Crippen molar-refractivity contribution in [1.29, 1.82) is 0 Å². The molecule has 4 N–H and O–H groups in total. The molecule has 0 unspecified atom stereocenters. The lowest BCUT2D eigenvalue weighted by Gasteiger charge is -2.21. The first-order chi connectivity index (χ1) is 17.9. The maximum atomic E-state index is 14.2. The molecule has 1 aliphatic rings. The van der Waals surface area contributed by atoms with Crippen LogP contribution in [0.25, 0.3) is 0 Å². The first kappa shape index (κ1) is 28.7. The van der Waals surface area contributed by atoms with Crippen molar-refractivity contribution in [3.8, 4) is 11.8 Å². The van der Waals surface area contributed by atoms with Crippen molar-refractivity contribution in [3.05, 3.63) is 29.1 Å². The van der Waals surface area contributed by atoms with Crippen molar-refractivity contribution in [3.63, 3.8) is 0 Å². The first-order valence-corrected chi connectivity index (χ1v) is 12.2. The van der Waals surface area contributed by atoms with Gasteiger partial charge in [0.15, 0.2) is 0 Å². The van der Waals surface area contributed by atoms with Crippen molar-refractivity contribution >= 4 is 11.9 Å². The molecule has 1 saturated carbocycles. The van der Waals surface area contributed by atoms with Crippen LogP contribution in [0, 0.1) is 29.1 Å². The summed E-state index contributed by atoms with van der Waals surface area (Å²) in [5.41, 5.74) is 5.33. The Morgan fingerprint density at radius 1 is 0.703 bits per heavy atom. The third-order valence-corrected chi connectivity index (χ3v) is 5.58. The topological polar surface area (TPSA) is 116 Å². The third kappa shape index (κ3) is 8.61. The SMILES string of the molecule is NCCOCCOCCNc1nc(NC2CCCCCCC2)nc(Oc2c(F)c(F)c(F)c(F)c2F)n1. The van der Waals surface area contributed by atoms with Gasteiger partial charge >= 0.3 is 6.01 Å². The van der Waals surface area contributed by atoms with E-state index in [-0.39, 0.29) is 31.1 Å². The average molecular weight is 535 g/mol. The Hall–Kier alpha value is -2.84. The average Bonchev–Trinajstić information content (AvgIpc) is 2.87. The van der Waals surface area contributed by atoms with Crippen LogP contribution in [-0.2, 0) is 9.47 Å². The van der Waals surface area contributed by atoms with Gasteiger partial charge in [-0.25, -0.2) is 13.2 Å². The third-order valence-electron chi connectivity index (χ3n) is 5.58. The highest BCUT2D eigenvalue weighted by Gasteiger charge is 2.28. The molecular formula is C23H31F5N6O3. The fourth-order valence-corrected chi connectivity index (χ4v) is 3.73. The Morgan fingerprint density at radius 3 is 1.92 bits per heavy atom. The molecular weight excluding hydrogens is 503 g/mol. The van der Waals surface area contributed by atoms with E-state index < -0.39 is 40.8 Å². The highest BCUT2D eigenvalue weighted by Crippen LogP contribution is 2.32. The molecule has 1 aromatic carbocycles. The lowest BCUT2D eigenvalue weighted by Crippen LogP contribution is -2.23. The predicted octanol–water partition coefficient (Wildman–Crippen LogP) is 4.29. The van der Waals surface area contributed by atoms with Crippen molar-refractivity contribution in [2.24, 2.45) is 5.73 Å². The number of benzene rings is 1. The summed E-state index contributed by atoms with van der Waals surface area (Å²) in [5, 5.41) is 6.04. The number of ether oxygens (including phenoxy) is 3. The molecule has 1 fully saturated rings. The van der Waals surface area contributed by atoms with Gasteiger partial charge in [0, 0.05) is 19.1 Å². The van der Waals surface area contributed by atoms with E-state index in [1.54, 1.807) is 0 Å². The van der Waals surface area contributed by atoms with Crippen LogP contribution in [-0.4, -0.2) is 60.5 Å². The summed E-state index contributed by atoms with van der Waals surface area (Å²) in [4.78, 5) is 12.2. The number of aromatic nitrogens is 3. The number of halogens is 5. The predicted molar refractivity (Wildman–Crippen MR) is 125 cm³/mol. The van der Waals surface area contributed by atoms with Crippen LogP contribution < -0.4 is 21.1 Å². The van der Waals surface area contributed by atoms with E-state index in [9.17, 15) is 22.0 Å². The van der Waals surface area contributed by atoms with Gasteiger partial charge in [-0.1, -0.05) is 32.1 Å². The molecule has 206 valence electrons. The van der Waals surface area contributed by atoms with Crippen LogP contribution in [0.1, 0.15) is 44.9 Å². The molecule has 0 saturated heterocycles. The summed E-state index contributed by atoms with van der Waals surface area (Å²) >= 11 is 0. The number of hydrogen-bond donors (Lipinski definition) is 3. The smallest absolute Gasteiger partial charge is 0.328 e. The Labute approximate surface area is 211 Å². The van der Waals surface area contributed by atoms with Gasteiger partial charge in [0.1, 0.15) is 0 Å². The minimum absolute atomic E-state index is 0.0365. The van der Waals surface area contributed by atoms with Crippen LogP contribution in [0.15, 0.2) is 0 Å². The lowest BCUT2D eigenvalue weighted by atomic mass is 9.97. The second kappa shape index (κ2) is 14.8. The highest BCUT2D eigenvalue weighted by molar-refractivity contribution is 5.39. The summed E-state index contributed by atoms with van der Waals surface area (Å²) in [7, 11) is 0. The van der Waals surface area contributed by atoms with E-state index >= 15 is 0 Å². The van der Waals surface area contributed by atoms with Gasteiger partial charge in [0.25, 0.3) is 0 Å². The van der Waals surface area contributed by atoms with E-state index in [1.165, 1.54) is 6.42 Å². The summed E-state index contributed by atoms with van der Waals surface area (Å²) < 4.78 is 84.6. The molecule has 3 rings (SSSR count). The number of anilines is 2. The molecule has 9 nitrogen and oxygen atoms in total. The molecule has 37 heavy (non-hydrogen) atoms. The van der Waals surface area contributed by atoms with Gasteiger partial charge in [-0.05, 0) is 12.8 Å². The minimum Gasteiger partial charge on any atom is -0.418 e. The molecule has 0 radical (unpaired) electrons. The van der Waals surface area contributed by atoms with E-state index in [0.29, 0.717) is 26.4 Å². The van der Waals surface area contributed by atoms with E-state index in [1.807, 2.05) is 0 Å². The zero-order valence-electron chi connectivity index (χ0n) is 20.3. The number of nitrogens with two attached hydrogens (primary N) is 1. The van der Waals surface area contributed by atoms with Crippen molar-refractivity contribution < 1.29 is 36.2 Å². The second-order valence-electron chi connectivity index (χ2n) is 8.39. The van der Waals surface area contributed by atoms with E-state index in [0.717, 1.165) is 38.5 Å². The zero-order valence-corrected chi connectivity index (χ0v) is 20.3. The van der Waals surface area contributed by atoms with Crippen molar-refractivity contribution in [2.75, 3.05) is 50.2 Å². The summed E-state index contributed by atoms with van der Waals surface area (Å²) in [6, 6.07) is -0.611. The molecule has 0 amide bonds.